The van der Waals surface area contributed by atoms with Gasteiger partial charge in [-0.2, -0.15) is 0 Å². The van der Waals surface area contributed by atoms with Crippen LogP contribution in [0.1, 0.15) is 12.8 Å². The van der Waals surface area contributed by atoms with Crippen molar-refractivity contribution in [1.82, 2.24) is 5.32 Å². The van der Waals surface area contributed by atoms with Gasteiger partial charge in [0.15, 0.2) is 0 Å². The molecule has 16 heavy (non-hydrogen) atoms. The van der Waals surface area contributed by atoms with E-state index in [1.54, 1.807) is 6.07 Å². The molecule has 4 nitrogen and oxygen atoms in total. The fourth-order valence-electron chi connectivity index (χ4n) is 1.31. The molecule has 5 heteroatoms. The Balaban J connectivity index is 1.86. The van der Waals surface area contributed by atoms with Gasteiger partial charge in [-0.1, -0.05) is 11.6 Å². The molecule has 0 saturated heterocycles. The van der Waals surface area contributed by atoms with Crippen molar-refractivity contribution in [1.29, 1.82) is 0 Å². The van der Waals surface area contributed by atoms with Crippen molar-refractivity contribution in [2.24, 2.45) is 0 Å². The third-order valence-electron chi connectivity index (χ3n) is 2.36. The Morgan fingerprint density at radius 3 is 2.88 bits per heavy atom. The SMILES string of the molecule is O=C(CNC1CC1)Nc1ccc(O)c(Cl)c1. The zero-order valence-electron chi connectivity index (χ0n) is 8.66. The Kier molecular flexibility index (Phi) is 3.31. The summed E-state index contributed by atoms with van der Waals surface area (Å²) >= 11 is 5.72. The number of aromatic hydroxyl groups is 1. The summed E-state index contributed by atoms with van der Waals surface area (Å²) < 4.78 is 0. The maximum atomic E-state index is 11.5. The Morgan fingerprint density at radius 2 is 2.25 bits per heavy atom. The lowest BCUT2D eigenvalue weighted by Gasteiger charge is -2.06. The van der Waals surface area contributed by atoms with Gasteiger partial charge in [0.2, 0.25) is 5.91 Å². The van der Waals surface area contributed by atoms with Gasteiger partial charge >= 0.3 is 0 Å². The lowest BCUT2D eigenvalue weighted by atomic mass is 10.3. The standard InChI is InChI=1S/C11H13ClN2O2/c12-9-5-8(3-4-10(9)15)14-11(16)6-13-7-1-2-7/h3-5,7,13,15H,1-2,6H2,(H,14,16). The number of benzene rings is 1. The minimum atomic E-state index is -0.103. The second kappa shape index (κ2) is 4.72. The van der Waals surface area contributed by atoms with Gasteiger partial charge in [0.25, 0.3) is 0 Å². The zero-order chi connectivity index (χ0) is 11.5. The predicted octanol–water partition coefficient (Wildman–Crippen LogP) is 1.74. The molecule has 3 N–H and O–H groups in total. The molecule has 0 radical (unpaired) electrons. The Morgan fingerprint density at radius 1 is 1.50 bits per heavy atom. The van der Waals surface area contributed by atoms with Crippen LogP contribution in [0.4, 0.5) is 5.69 Å². The van der Waals surface area contributed by atoms with Crippen LogP contribution >= 0.6 is 11.6 Å². The topological polar surface area (TPSA) is 61.4 Å². The van der Waals surface area contributed by atoms with Crippen LogP contribution in [0.2, 0.25) is 5.02 Å². The van der Waals surface area contributed by atoms with Crippen LogP contribution < -0.4 is 10.6 Å². The molecular weight excluding hydrogens is 228 g/mol. The molecule has 2 rings (SSSR count). The van der Waals surface area contributed by atoms with Crippen molar-refractivity contribution in [3.63, 3.8) is 0 Å². The first-order valence-electron chi connectivity index (χ1n) is 5.17. The molecule has 1 aromatic carbocycles. The summed E-state index contributed by atoms with van der Waals surface area (Å²) in [5, 5.41) is 15.2. The monoisotopic (exact) mass is 240 g/mol. The molecule has 0 atom stereocenters. The predicted molar refractivity (Wildman–Crippen MR) is 62.8 cm³/mol. The molecule has 1 fully saturated rings. The van der Waals surface area contributed by atoms with Gasteiger partial charge in [-0.25, -0.2) is 0 Å². The van der Waals surface area contributed by atoms with Gasteiger partial charge < -0.3 is 15.7 Å². The van der Waals surface area contributed by atoms with E-state index in [1.807, 2.05) is 0 Å². The first kappa shape index (κ1) is 11.2. The number of carbonyl (C=O) groups excluding carboxylic acids is 1. The molecule has 0 bridgehead atoms. The highest BCUT2D eigenvalue weighted by molar-refractivity contribution is 6.32. The molecule has 1 aliphatic rings. The first-order chi connectivity index (χ1) is 7.65. The number of carbonyl (C=O) groups is 1. The summed E-state index contributed by atoms with van der Waals surface area (Å²) in [5.74, 6) is -0.0931. The summed E-state index contributed by atoms with van der Waals surface area (Å²) in [5.41, 5.74) is 0.588. The molecule has 0 heterocycles. The van der Waals surface area contributed by atoms with Gasteiger partial charge in [0.1, 0.15) is 5.75 Å². The molecule has 0 spiro atoms. The smallest absolute Gasteiger partial charge is 0.238 e. The van der Waals surface area contributed by atoms with Crippen LogP contribution in [-0.4, -0.2) is 23.6 Å². The maximum Gasteiger partial charge on any atom is 0.238 e. The number of nitrogens with one attached hydrogen (secondary N) is 2. The Labute approximate surface area is 98.6 Å². The van der Waals surface area contributed by atoms with Crippen LogP contribution in [0, 0.1) is 0 Å². The van der Waals surface area contributed by atoms with E-state index >= 15 is 0 Å². The van der Waals surface area contributed by atoms with E-state index in [0.717, 1.165) is 12.8 Å². The van der Waals surface area contributed by atoms with Crippen molar-refractivity contribution in [2.45, 2.75) is 18.9 Å². The molecule has 1 amide bonds. The van der Waals surface area contributed by atoms with Crippen molar-refractivity contribution in [3.05, 3.63) is 23.2 Å². The van der Waals surface area contributed by atoms with Gasteiger partial charge in [-0.3, -0.25) is 4.79 Å². The molecule has 1 aliphatic carbocycles. The number of hydrogen-bond donors (Lipinski definition) is 3. The fraction of sp³-hybridized carbons (Fsp3) is 0.364. The van der Waals surface area contributed by atoms with E-state index in [1.165, 1.54) is 12.1 Å². The number of amides is 1. The molecular formula is C11H13ClN2O2. The molecule has 1 saturated carbocycles. The Bertz CT molecular complexity index is 405. The Hall–Kier alpha value is -1.26. The summed E-state index contributed by atoms with van der Waals surface area (Å²) in [6.07, 6.45) is 2.30. The van der Waals surface area contributed by atoms with E-state index in [4.69, 9.17) is 11.6 Å². The number of rotatable bonds is 4. The second-order valence-corrected chi connectivity index (χ2v) is 4.28. The molecule has 0 aromatic heterocycles. The lowest BCUT2D eigenvalue weighted by Crippen LogP contribution is -2.29. The number of anilines is 1. The number of phenols is 1. The van der Waals surface area contributed by atoms with E-state index in [0.29, 0.717) is 18.3 Å². The van der Waals surface area contributed by atoms with Gasteiger partial charge in [-0.15, -0.1) is 0 Å². The van der Waals surface area contributed by atoms with E-state index in [2.05, 4.69) is 10.6 Å². The van der Waals surface area contributed by atoms with Crippen LogP contribution in [0.15, 0.2) is 18.2 Å². The third-order valence-corrected chi connectivity index (χ3v) is 2.66. The van der Waals surface area contributed by atoms with Crippen LogP contribution in [0.3, 0.4) is 0 Å². The molecule has 86 valence electrons. The molecule has 0 unspecified atom stereocenters. The average Bonchev–Trinajstić information content (AvgIpc) is 3.04. The second-order valence-electron chi connectivity index (χ2n) is 3.87. The fourth-order valence-corrected chi connectivity index (χ4v) is 1.49. The quantitative estimate of drug-likeness (QED) is 0.703. The van der Waals surface area contributed by atoms with Gasteiger partial charge in [-0.05, 0) is 31.0 Å². The number of halogens is 1. The highest BCUT2D eigenvalue weighted by Gasteiger charge is 2.21. The minimum Gasteiger partial charge on any atom is -0.506 e. The first-order valence-corrected chi connectivity index (χ1v) is 5.54. The van der Waals surface area contributed by atoms with Crippen LogP contribution in [0.5, 0.6) is 5.75 Å². The largest absolute Gasteiger partial charge is 0.506 e. The summed E-state index contributed by atoms with van der Waals surface area (Å²) in [4.78, 5) is 11.5. The highest BCUT2D eigenvalue weighted by Crippen LogP contribution is 2.26. The van der Waals surface area contributed by atoms with Gasteiger partial charge in [0.05, 0.1) is 11.6 Å². The highest BCUT2D eigenvalue weighted by atomic mass is 35.5. The van der Waals surface area contributed by atoms with Crippen molar-refractivity contribution in [3.8, 4) is 5.75 Å². The molecule has 1 aromatic rings. The summed E-state index contributed by atoms with van der Waals surface area (Å²) in [6, 6.07) is 5.09. The van der Waals surface area contributed by atoms with E-state index in [-0.39, 0.29) is 16.7 Å². The summed E-state index contributed by atoms with van der Waals surface area (Å²) in [7, 11) is 0. The average molecular weight is 241 g/mol. The van der Waals surface area contributed by atoms with E-state index in [9.17, 15) is 9.90 Å². The van der Waals surface area contributed by atoms with E-state index < -0.39 is 0 Å². The maximum absolute atomic E-state index is 11.5. The number of hydrogen-bond acceptors (Lipinski definition) is 3. The van der Waals surface area contributed by atoms with Crippen molar-refractivity contribution >= 4 is 23.2 Å². The lowest BCUT2D eigenvalue weighted by molar-refractivity contribution is -0.115. The van der Waals surface area contributed by atoms with Crippen LogP contribution in [-0.2, 0) is 4.79 Å². The van der Waals surface area contributed by atoms with Crippen LogP contribution in [0.25, 0.3) is 0 Å². The van der Waals surface area contributed by atoms with Crippen molar-refractivity contribution in [2.75, 3.05) is 11.9 Å². The van der Waals surface area contributed by atoms with Crippen molar-refractivity contribution < 1.29 is 9.90 Å². The number of phenolic OH excluding ortho intramolecular Hbond substituents is 1. The molecule has 0 aliphatic heterocycles. The minimum absolute atomic E-state index is 0.00997. The van der Waals surface area contributed by atoms with Gasteiger partial charge in [0, 0.05) is 11.7 Å². The summed E-state index contributed by atoms with van der Waals surface area (Å²) in [6.45, 7) is 0.309. The zero-order valence-corrected chi connectivity index (χ0v) is 9.42. The normalized spacial score (nSPS) is 14.8. The third kappa shape index (κ3) is 3.12.